The smallest absolute Gasteiger partial charge is 0.341 e. The van der Waals surface area contributed by atoms with Gasteiger partial charge >= 0.3 is 5.97 Å². The third-order valence-corrected chi connectivity index (χ3v) is 2.76. The maximum Gasteiger partial charge on any atom is 0.341 e. The summed E-state index contributed by atoms with van der Waals surface area (Å²) in [6, 6.07) is 6.61. The molecule has 1 rings (SSSR count). The third-order valence-electron chi connectivity index (χ3n) is 2.76. The number of carboxylic acids is 1. The molecule has 0 spiro atoms. The standard InChI is InChI=1S/C14H20N2O4/c1-2-4-10(8-15)14(19)16-11-5-3-6-12(7-11)20-9-13(17)18/h3,5-7,10H,2,4,8-9,15H2,1H3,(H,16,19)(H,17,18). The van der Waals surface area contributed by atoms with Gasteiger partial charge in [-0.25, -0.2) is 4.79 Å². The van der Waals surface area contributed by atoms with E-state index in [-0.39, 0.29) is 11.8 Å². The lowest BCUT2D eigenvalue weighted by Crippen LogP contribution is -2.29. The van der Waals surface area contributed by atoms with Gasteiger partial charge in [-0.15, -0.1) is 0 Å². The Morgan fingerprint density at radius 1 is 1.45 bits per heavy atom. The summed E-state index contributed by atoms with van der Waals surface area (Å²) >= 11 is 0. The Bertz CT molecular complexity index is 462. The fraction of sp³-hybridized carbons (Fsp3) is 0.429. The number of hydrogen-bond donors (Lipinski definition) is 3. The molecule has 1 amide bonds. The molecule has 1 unspecified atom stereocenters. The van der Waals surface area contributed by atoms with E-state index in [1.165, 1.54) is 0 Å². The monoisotopic (exact) mass is 280 g/mol. The van der Waals surface area contributed by atoms with E-state index < -0.39 is 12.6 Å². The molecular formula is C14H20N2O4. The van der Waals surface area contributed by atoms with Crippen molar-refractivity contribution in [2.24, 2.45) is 11.7 Å². The summed E-state index contributed by atoms with van der Waals surface area (Å²) in [6.45, 7) is 1.88. The molecule has 20 heavy (non-hydrogen) atoms. The lowest BCUT2D eigenvalue weighted by molar-refractivity contribution is -0.139. The van der Waals surface area contributed by atoms with Crippen LogP contribution in [0.4, 0.5) is 5.69 Å². The van der Waals surface area contributed by atoms with E-state index in [9.17, 15) is 9.59 Å². The van der Waals surface area contributed by atoms with Crippen molar-refractivity contribution in [1.82, 2.24) is 0 Å². The van der Waals surface area contributed by atoms with Crippen LogP contribution in [-0.2, 0) is 9.59 Å². The van der Waals surface area contributed by atoms with Crippen LogP contribution in [0.2, 0.25) is 0 Å². The summed E-state index contributed by atoms with van der Waals surface area (Å²) in [6.07, 6.45) is 1.62. The predicted octanol–water partition coefficient (Wildman–Crippen LogP) is 1.46. The first kappa shape index (κ1) is 16.0. The van der Waals surface area contributed by atoms with Gasteiger partial charge in [-0.05, 0) is 18.6 Å². The van der Waals surface area contributed by atoms with E-state index in [0.717, 1.165) is 12.8 Å². The van der Waals surface area contributed by atoms with Crippen molar-refractivity contribution in [2.75, 3.05) is 18.5 Å². The molecule has 0 fully saturated rings. The Morgan fingerprint density at radius 3 is 2.80 bits per heavy atom. The van der Waals surface area contributed by atoms with Crippen molar-refractivity contribution in [2.45, 2.75) is 19.8 Å². The van der Waals surface area contributed by atoms with Gasteiger partial charge in [-0.1, -0.05) is 19.4 Å². The zero-order chi connectivity index (χ0) is 15.0. The van der Waals surface area contributed by atoms with Crippen LogP contribution in [0.15, 0.2) is 24.3 Å². The number of carbonyl (C=O) groups is 2. The summed E-state index contributed by atoms with van der Waals surface area (Å²) in [5.41, 5.74) is 6.14. The van der Waals surface area contributed by atoms with Gasteiger partial charge in [0.1, 0.15) is 5.75 Å². The zero-order valence-corrected chi connectivity index (χ0v) is 11.5. The van der Waals surface area contributed by atoms with Crippen LogP contribution in [0, 0.1) is 5.92 Å². The second kappa shape index (κ2) is 8.16. The molecule has 0 heterocycles. The van der Waals surface area contributed by atoms with Gasteiger partial charge in [-0.3, -0.25) is 4.79 Å². The van der Waals surface area contributed by atoms with Crippen LogP contribution in [0.3, 0.4) is 0 Å². The van der Waals surface area contributed by atoms with Crippen LogP contribution < -0.4 is 15.8 Å². The van der Waals surface area contributed by atoms with Gasteiger partial charge in [0.25, 0.3) is 0 Å². The normalized spacial score (nSPS) is 11.7. The number of anilines is 1. The minimum Gasteiger partial charge on any atom is -0.482 e. The Labute approximate surface area is 117 Å². The highest BCUT2D eigenvalue weighted by Crippen LogP contribution is 2.18. The van der Waals surface area contributed by atoms with E-state index >= 15 is 0 Å². The number of aliphatic carboxylic acids is 1. The summed E-state index contributed by atoms with van der Waals surface area (Å²) in [5.74, 6) is -1.01. The summed E-state index contributed by atoms with van der Waals surface area (Å²) in [4.78, 5) is 22.4. The maximum absolute atomic E-state index is 12.0. The van der Waals surface area contributed by atoms with E-state index in [4.69, 9.17) is 15.6 Å². The van der Waals surface area contributed by atoms with Crippen LogP contribution in [0.1, 0.15) is 19.8 Å². The van der Waals surface area contributed by atoms with Gasteiger partial charge in [0.15, 0.2) is 6.61 Å². The molecule has 0 aliphatic rings. The highest BCUT2D eigenvalue weighted by atomic mass is 16.5. The van der Waals surface area contributed by atoms with Crippen LogP contribution in [-0.4, -0.2) is 30.1 Å². The van der Waals surface area contributed by atoms with Crippen molar-refractivity contribution in [3.8, 4) is 5.75 Å². The van der Waals surface area contributed by atoms with E-state index in [1.54, 1.807) is 24.3 Å². The second-order valence-electron chi connectivity index (χ2n) is 4.42. The number of nitrogens with two attached hydrogens (primary N) is 1. The average Bonchev–Trinajstić information content (AvgIpc) is 2.42. The fourth-order valence-corrected chi connectivity index (χ4v) is 1.76. The minimum atomic E-state index is -1.05. The van der Waals surface area contributed by atoms with Crippen LogP contribution in [0.25, 0.3) is 0 Å². The van der Waals surface area contributed by atoms with Gasteiger partial charge in [0.05, 0.1) is 5.92 Å². The predicted molar refractivity (Wildman–Crippen MR) is 75.7 cm³/mol. The number of hydrogen-bond acceptors (Lipinski definition) is 4. The molecule has 0 bridgehead atoms. The van der Waals surface area contributed by atoms with Crippen molar-refractivity contribution < 1.29 is 19.4 Å². The van der Waals surface area contributed by atoms with E-state index in [2.05, 4.69) is 5.32 Å². The molecule has 6 nitrogen and oxygen atoms in total. The molecule has 0 aromatic heterocycles. The number of ether oxygens (including phenoxy) is 1. The molecule has 0 saturated heterocycles. The molecule has 110 valence electrons. The molecule has 0 saturated carbocycles. The number of carboxylic acid groups (broad SMARTS) is 1. The van der Waals surface area contributed by atoms with Gasteiger partial charge in [-0.2, -0.15) is 0 Å². The molecule has 0 aliphatic heterocycles. The van der Waals surface area contributed by atoms with Gasteiger partial charge in [0, 0.05) is 18.3 Å². The molecule has 1 aromatic rings. The average molecular weight is 280 g/mol. The Morgan fingerprint density at radius 2 is 2.20 bits per heavy atom. The highest BCUT2D eigenvalue weighted by Gasteiger charge is 2.15. The Kier molecular flexibility index (Phi) is 6.52. The first-order chi connectivity index (χ1) is 9.56. The highest BCUT2D eigenvalue weighted by molar-refractivity contribution is 5.92. The third kappa shape index (κ3) is 5.27. The van der Waals surface area contributed by atoms with Crippen LogP contribution in [0.5, 0.6) is 5.75 Å². The number of rotatable bonds is 8. The number of nitrogens with one attached hydrogen (secondary N) is 1. The quantitative estimate of drug-likeness (QED) is 0.669. The number of amides is 1. The molecule has 0 radical (unpaired) electrons. The minimum absolute atomic E-state index is 0.135. The molecule has 6 heteroatoms. The lowest BCUT2D eigenvalue weighted by Gasteiger charge is -2.14. The first-order valence-corrected chi connectivity index (χ1v) is 6.52. The largest absolute Gasteiger partial charge is 0.482 e. The molecule has 0 aliphatic carbocycles. The van der Waals surface area contributed by atoms with Crippen molar-refractivity contribution in [3.05, 3.63) is 24.3 Å². The van der Waals surface area contributed by atoms with Gasteiger partial charge < -0.3 is 20.9 Å². The first-order valence-electron chi connectivity index (χ1n) is 6.52. The number of carbonyl (C=O) groups excluding carboxylic acids is 1. The molecular weight excluding hydrogens is 260 g/mol. The molecule has 4 N–H and O–H groups in total. The van der Waals surface area contributed by atoms with E-state index in [1.807, 2.05) is 6.92 Å². The maximum atomic E-state index is 12.0. The second-order valence-corrected chi connectivity index (χ2v) is 4.42. The van der Waals surface area contributed by atoms with E-state index in [0.29, 0.717) is 18.0 Å². The SMILES string of the molecule is CCCC(CN)C(=O)Nc1cccc(OCC(=O)O)c1. The lowest BCUT2D eigenvalue weighted by atomic mass is 10.0. The van der Waals surface area contributed by atoms with Gasteiger partial charge in [0.2, 0.25) is 5.91 Å². The zero-order valence-electron chi connectivity index (χ0n) is 11.5. The van der Waals surface area contributed by atoms with Crippen LogP contribution >= 0.6 is 0 Å². The van der Waals surface area contributed by atoms with Crippen molar-refractivity contribution in [3.63, 3.8) is 0 Å². The summed E-state index contributed by atoms with van der Waals surface area (Å²) < 4.78 is 5.05. The Balaban J connectivity index is 2.65. The molecule has 1 atom stereocenters. The summed E-state index contributed by atoms with van der Waals surface area (Å²) in [7, 11) is 0. The number of benzene rings is 1. The van der Waals surface area contributed by atoms with Crippen molar-refractivity contribution >= 4 is 17.6 Å². The topological polar surface area (TPSA) is 102 Å². The Hall–Kier alpha value is -2.08. The fourth-order valence-electron chi connectivity index (χ4n) is 1.76. The summed E-state index contributed by atoms with van der Waals surface area (Å²) in [5, 5.41) is 11.3. The van der Waals surface area contributed by atoms with Crippen molar-refractivity contribution in [1.29, 1.82) is 0 Å². The molecule has 1 aromatic carbocycles.